The van der Waals surface area contributed by atoms with Crippen LogP contribution in [-0.2, 0) is 10.9 Å². The Bertz CT molecular complexity index is 721. The second-order valence-corrected chi connectivity index (χ2v) is 5.71. The van der Waals surface area contributed by atoms with Gasteiger partial charge in [-0.1, -0.05) is 0 Å². The lowest BCUT2D eigenvalue weighted by Gasteiger charge is -2.39. The van der Waals surface area contributed by atoms with E-state index in [9.17, 15) is 18.0 Å². The van der Waals surface area contributed by atoms with Gasteiger partial charge in [-0.25, -0.2) is 9.78 Å². The first-order chi connectivity index (χ1) is 10.2. The van der Waals surface area contributed by atoms with Gasteiger partial charge in [0.05, 0.1) is 23.5 Å². The zero-order chi connectivity index (χ0) is 16.1. The molecule has 1 atom stereocenters. The number of fused-ring (bicyclic) bond motifs is 1. The van der Waals surface area contributed by atoms with Crippen LogP contribution in [0.15, 0.2) is 36.9 Å². The molecule has 0 bridgehead atoms. The number of carbonyl (C=O) groups is 1. The summed E-state index contributed by atoms with van der Waals surface area (Å²) < 4.78 is 46.0. The molecule has 4 nitrogen and oxygen atoms in total. The van der Waals surface area contributed by atoms with Crippen molar-refractivity contribution in [1.82, 2.24) is 9.55 Å². The van der Waals surface area contributed by atoms with Gasteiger partial charge in [-0.05, 0) is 37.6 Å². The van der Waals surface area contributed by atoms with Crippen molar-refractivity contribution < 1.29 is 22.7 Å². The lowest BCUT2D eigenvalue weighted by Crippen LogP contribution is -2.43. The molecular formula is C15H13F3N2O2. The maximum atomic E-state index is 13.0. The number of halogens is 3. The van der Waals surface area contributed by atoms with Crippen molar-refractivity contribution in [3.8, 4) is 0 Å². The Morgan fingerprint density at radius 2 is 2.05 bits per heavy atom. The minimum atomic E-state index is -4.47. The van der Waals surface area contributed by atoms with E-state index in [0.717, 1.165) is 12.1 Å². The predicted octanol–water partition coefficient (Wildman–Crippen LogP) is 3.44. The number of imidazole rings is 1. The number of esters is 1. The summed E-state index contributed by atoms with van der Waals surface area (Å²) in [7, 11) is 0. The van der Waals surface area contributed by atoms with Crippen molar-refractivity contribution in [2.45, 2.75) is 31.7 Å². The lowest BCUT2D eigenvalue weighted by molar-refractivity contribution is -0.137. The van der Waals surface area contributed by atoms with Crippen LogP contribution in [-0.4, -0.2) is 21.1 Å². The number of aromatic nitrogens is 2. The average Bonchev–Trinajstić information content (AvgIpc) is 2.89. The lowest BCUT2D eigenvalue weighted by atomic mass is 9.84. The zero-order valence-corrected chi connectivity index (χ0v) is 11.9. The molecule has 0 saturated heterocycles. The normalized spacial score (nSPS) is 20.4. The Hall–Kier alpha value is -2.31. The highest BCUT2D eigenvalue weighted by Gasteiger charge is 2.44. The summed E-state index contributed by atoms with van der Waals surface area (Å²) in [6, 6.07) is 2.50. The second-order valence-electron chi connectivity index (χ2n) is 5.71. The average molecular weight is 310 g/mol. The summed E-state index contributed by atoms with van der Waals surface area (Å²) in [6.07, 6.45) is 0.186. The highest BCUT2D eigenvalue weighted by atomic mass is 19.4. The van der Waals surface area contributed by atoms with Crippen LogP contribution in [0.4, 0.5) is 13.2 Å². The Morgan fingerprint density at radius 3 is 2.64 bits per heavy atom. The molecule has 2 heterocycles. The van der Waals surface area contributed by atoms with Gasteiger partial charge in [0.2, 0.25) is 0 Å². The van der Waals surface area contributed by atoms with Crippen LogP contribution in [0.1, 0.15) is 41.4 Å². The third-order valence-electron chi connectivity index (χ3n) is 3.73. The van der Waals surface area contributed by atoms with Crippen molar-refractivity contribution >= 4 is 5.97 Å². The van der Waals surface area contributed by atoms with E-state index in [2.05, 4.69) is 4.98 Å². The number of carbonyl (C=O) groups excluding carboxylic acids is 1. The zero-order valence-electron chi connectivity index (χ0n) is 11.9. The maximum Gasteiger partial charge on any atom is 0.416 e. The molecule has 3 rings (SSSR count). The number of hydrogen-bond acceptors (Lipinski definition) is 3. The molecule has 1 aliphatic heterocycles. The van der Waals surface area contributed by atoms with Crippen LogP contribution in [0.3, 0.4) is 0 Å². The minimum Gasteiger partial charge on any atom is -0.453 e. The largest absolute Gasteiger partial charge is 0.453 e. The van der Waals surface area contributed by atoms with E-state index in [1.54, 1.807) is 24.6 Å². The number of cyclic esters (lactones) is 1. The molecule has 0 amide bonds. The molecule has 0 N–H and O–H groups in total. The summed E-state index contributed by atoms with van der Waals surface area (Å²) in [4.78, 5) is 16.0. The first-order valence-corrected chi connectivity index (χ1v) is 6.62. The van der Waals surface area contributed by atoms with Crippen LogP contribution in [0.25, 0.3) is 0 Å². The Labute approximate surface area is 124 Å². The van der Waals surface area contributed by atoms with Gasteiger partial charge in [0, 0.05) is 12.4 Å². The quantitative estimate of drug-likeness (QED) is 0.758. The van der Waals surface area contributed by atoms with Crippen LogP contribution in [0, 0.1) is 0 Å². The number of rotatable bonds is 1. The van der Waals surface area contributed by atoms with Crippen molar-refractivity contribution in [1.29, 1.82) is 0 Å². The van der Waals surface area contributed by atoms with E-state index in [1.807, 2.05) is 0 Å². The fraction of sp³-hybridized carbons (Fsp3) is 0.333. The predicted molar refractivity (Wildman–Crippen MR) is 71.3 cm³/mol. The number of ether oxygens (including phenoxy) is 1. The molecule has 0 fully saturated rings. The van der Waals surface area contributed by atoms with Gasteiger partial charge in [-0.15, -0.1) is 0 Å². The summed E-state index contributed by atoms with van der Waals surface area (Å²) in [5.74, 6) is -0.620. The van der Waals surface area contributed by atoms with Crippen molar-refractivity contribution in [2.75, 3.05) is 0 Å². The number of hydrogen-bond donors (Lipinski definition) is 0. The van der Waals surface area contributed by atoms with Gasteiger partial charge in [0.15, 0.2) is 0 Å². The van der Waals surface area contributed by atoms with E-state index in [1.165, 1.54) is 18.6 Å². The molecule has 0 spiro atoms. The number of nitrogens with zero attached hydrogens (tertiary/aromatic N) is 2. The third-order valence-corrected chi connectivity index (χ3v) is 3.73. The molecule has 0 aliphatic carbocycles. The van der Waals surface area contributed by atoms with Gasteiger partial charge < -0.3 is 9.30 Å². The molecule has 22 heavy (non-hydrogen) atoms. The minimum absolute atomic E-state index is 0.144. The molecule has 2 aromatic rings. The topological polar surface area (TPSA) is 44.1 Å². The molecule has 1 aromatic carbocycles. The first-order valence-electron chi connectivity index (χ1n) is 6.62. The van der Waals surface area contributed by atoms with Gasteiger partial charge >= 0.3 is 12.1 Å². The summed E-state index contributed by atoms with van der Waals surface area (Å²) in [5.41, 5.74) is -1.35. The number of benzene rings is 1. The molecule has 1 aromatic heterocycles. The highest BCUT2D eigenvalue weighted by Crippen LogP contribution is 2.42. The molecule has 0 unspecified atom stereocenters. The molecule has 7 heteroatoms. The Balaban J connectivity index is 2.23. The number of alkyl halides is 3. The van der Waals surface area contributed by atoms with Crippen molar-refractivity contribution in [3.63, 3.8) is 0 Å². The molecular weight excluding hydrogens is 297 g/mol. The van der Waals surface area contributed by atoms with Crippen LogP contribution in [0.5, 0.6) is 0 Å². The van der Waals surface area contributed by atoms with Gasteiger partial charge in [0.1, 0.15) is 5.60 Å². The van der Waals surface area contributed by atoms with Crippen LogP contribution < -0.4 is 0 Å². The maximum absolute atomic E-state index is 13.0. The molecule has 0 saturated carbocycles. The summed E-state index contributed by atoms with van der Waals surface area (Å²) in [5, 5.41) is 0. The summed E-state index contributed by atoms with van der Waals surface area (Å²) >= 11 is 0. The van der Waals surface area contributed by atoms with Crippen molar-refractivity contribution in [2.24, 2.45) is 0 Å². The van der Waals surface area contributed by atoms with E-state index in [-0.39, 0.29) is 11.1 Å². The van der Waals surface area contributed by atoms with E-state index in [0.29, 0.717) is 0 Å². The Morgan fingerprint density at radius 1 is 1.32 bits per heavy atom. The monoisotopic (exact) mass is 310 g/mol. The molecule has 116 valence electrons. The van der Waals surface area contributed by atoms with Gasteiger partial charge in [0.25, 0.3) is 0 Å². The van der Waals surface area contributed by atoms with Gasteiger partial charge in [-0.2, -0.15) is 13.2 Å². The Kier molecular flexibility index (Phi) is 3.05. The highest BCUT2D eigenvalue weighted by molar-refractivity contribution is 5.93. The standard InChI is InChI=1S/C15H13F3N2O2/c1-14(2)12(20-6-5-19-8-20)11-7-9(15(16,17)18)3-4-10(11)13(21)22-14/h3-8,12H,1-2H3/t12-/m0/s1. The molecule has 0 radical (unpaired) electrons. The first kappa shape index (κ1) is 14.6. The third kappa shape index (κ3) is 2.26. The SMILES string of the molecule is CC1(C)OC(=O)c2ccc(C(F)(F)F)cc2[C@@H]1n1ccnc1. The van der Waals surface area contributed by atoms with E-state index in [4.69, 9.17) is 4.74 Å². The fourth-order valence-electron chi connectivity index (χ4n) is 2.82. The summed E-state index contributed by atoms with van der Waals surface area (Å²) in [6.45, 7) is 3.33. The van der Waals surface area contributed by atoms with E-state index < -0.39 is 29.4 Å². The smallest absolute Gasteiger partial charge is 0.416 e. The van der Waals surface area contributed by atoms with Gasteiger partial charge in [-0.3, -0.25) is 0 Å². The molecule has 1 aliphatic rings. The fourth-order valence-corrected chi connectivity index (χ4v) is 2.82. The van der Waals surface area contributed by atoms with E-state index >= 15 is 0 Å². The van der Waals surface area contributed by atoms with Crippen LogP contribution >= 0.6 is 0 Å². The van der Waals surface area contributed by atoms with Crippen molar-refractivity contribution in [3.05, 3.63) is 53.6 Å². The second kappa shape index (κ2) is 4.59. The van der Waals surface area contributed by atoms with Crippen LogP contribution in [0.2, 0.25) is 0 Å².